The Balaban J connectivity index is 2.26. The largest absolute Gasteiger partial charge is 0.308 e. The summed E-state index contributed by atoms with van der Waals surface area (Å²) in [6.45, 7) is 11.6. The van der Waals surface area contributed by atoms with Crippen LogP contribution in [0.5, 0.6) is 0 Å². The molecule has 0 saturated carbocycles. The Labute approximate surface area is 115 Å². The highest BCUT2D eigenvalue weighted by molar-refractivity contribution is 5.41. The predicted octanol–water partition coefficient (Wildman–Crippen LogP) is 3.38. The van der Waals surface area contributed by atoms with E-state index in [0.717, 1.165) is 12.2 Å². The number of benzene rings is 1. The lowest BCUT2D eigenvalue weighted by atomic mass is 10.1. The van der Waals surface area contributed by atoms with E-state index in [1.807, 2.05) is 10.9 Å². The van der Waals surface area contributed by atoms with E-state index in [1.165, 1.54) is 16.8 Å². The summed E-state index contributed by atoms with van der Waals surface area (Å²) in [5.74, 6) is 0. The van der Waals surface area contributed by atoms with Gasteiger partial charge in [0.05, 0.1) is 11.9 Å². The van der Waals surface area contributed by atoms with Gasteiger partial charge in [0.1, 0.15) is 0 Å². The molecule has 102 valence electrons. The number of para-hydroxylation sites is 1. The van der Waals surface area contributed by atoms with Gasteiger partial charge in [0.15, 0.2) is 0 Å². The third-order valence-electron chi connectivity index (χ3n) is 3.26. The molecule has 0 fully saturated rings. The molecule has 19 heavy (non-hydrogen) atoms. The van der Waals surface area contributed by atoms with E-state index in [0.29, 0.717) is 0 Å². The van der Waals surface area contributed by atoms with Crippen molar-refractivity contribution in [3.63, 3.8) is 0 Å². The van der Waals surface area contributed by atoms with Gasteiger partial charge >= 0.3 is 0 Å². The van der Waals surface area contributed by atoms with Crippen LogP contribution < -0.4 is 5.32 Å². The van der Waals surface area contributed by atoms with Crippen LogP contribution in [-0.2, 0) is 6.54 Å². The van der Waals surface area contributed by atoms with Crippen LogP contribution in [0.15, 0.2) is 30.5 Å². The van der Waals surface area contributed by atoms with Gasteiger partial charge < -0.3 is 5.32 Å². The van der Waals surface area contributed by atoms with Gasteiger partial charge in [-0.1, -0.05) is 18.2 Å². The van der Waals surface area contributed by atoms with Crippen LogP contribution in [0.3, 0.4) is 0 Å². The molecular formula is C16H23N3. The van der Waals surface area contributed by atoms with E-state index in [1.54, 1.807) is 0 Å². The number of nitrogens with one attached hydrogen (secondary N) is 1. The highest BCUT2D eigenvalue weighted by atomic mass is 15.3. The predicted molar refractivity (Wildman–Crippen MR) is 79.6 cm³/mol. The van der Waals surface area contributed by atoms with Crippen molar-refractivity contribution in [3.8, 4) is 5.69 Å². The van der Waals surface area contributed by atoms with Crippen molar-refractivity contribution >= 4 is 0 Å². The zero-order chi connectivity index (χ0) is 14.0. The summed E-state index contributed by atoms with van der Waals surface area (Å²) < 4.78 is 2.02. The summed E-state index contributed by atoms with van der Waals surface area (Å²) >= 11 is 0. The summed E-state index contributed by atoms with van der Waals surface area (Å²) in [7, 11) is 0. The van der Waals surface area contributed by atoms with E-state index in [2.05, 4.69) is 69.3 Å². The smallest absolute Gasteiger partial charge is 0.0677 e. The lowest BCUT2D eigenvalue weighted by Gasteiger charge is -2.20. The highest BCUT2D eigenvalue weighted by Crippen LogP contribution is 2.17. The molecule has 0 bridgehead atoms. The molecular weight excluding hydrogens is 234 g/mol. The molecule has 1 aromatic heterocycles. The Morgan fingerprint density at radius 2 is 1.84 bits per heavy atom. The molecule has 3 heteroatoms. The Hall–Kier alpha value is -1.61. The van der Waals surface area contributed by atoms with E-state index >= 15 is 0 Å². The number of nitrogens with zero attached hydrogens (tertiary/aromatic N) is 2. The van der Waals surface area contributed by atoms with Gasteiger partial charge in [-0.05, 0) is 46.2 Å². The standard InChI is InChI=1S/C16H23N3/c1-12-8-6-7-9-15(12)19-13(2)14(11-18-19)10-17-16(3,4)5/h6-9,11,17H,10H2,1-5H3. The molecule has 2 aromatic rings. The van der Waals surface area contributed by atoms with Crippen LogP contribution in [0.1, 0.15) is 37.6 Å². The Kier molecular flexibility index (Phi) is 3.76. The van der Waals surface area contributed by atoms with Gasteiger partial charge in [0.25, 0.3) is 0 Å². The second-order valence-electron chi connectivity index (χ2n) is 6.06. The van der Waals surface area contributed by atoms with Gasteiger partial charge in [-0.2, -0.15) is 5.10 Å². The van der Waals surface area contributed by atoms with E-state index in [-0.39, 0.29) is 5.54 Å². The second-order valence-corrected chi connectivity index (χ2v) is 6.06. The molecule has 1 heterocycles. The van der Waals surface area contributed by atoms with Gasteiger partial charge in [0, 0.05) is 23.3 Å². The molecule has 1 aromatic carbocycles. The van der Waals surface area contributed by atoms with Crippen molar-refractivity contribution in [2.75, 3.05) is 0 Å². The van der Waals surface area contributed by atoms with Crippen molar-refractivity contribution in [3.05, 3.63) is 47.3 Å². The fourth-order valence-corrected chi connectivity index (χ4v) is 2.02. The number of rotatable bonds is 3. The van der Waals surface area contributed by atoms with Gasteiger partial charge in [-0.3, -0.25) is 0 Å². The lowest BCUT2D eigenvalue weighted by Crippen LogP contribution is -2.35. The minimum atomic E-state index is 0.122. The normalized spacial score (nSPS) is 11.8. The first-order chi connectivity index (χ1) is 8.88. The molecule has 0 aliphatic carbocycles. The zero-order valence-corrected chi connectivity index (χ0v) is 12.5. The minimum Gasteiger partial charge on any atom is -0.308 e. The highest BCUT2D eigenvalue weighted by Gasteiger charge is 2.13. The lowest BCUT2D eigenvalue weighted by molar-refractivity contribution is 0.424. The number of hydrogen-bond acceptors (Lipinski definition) is 2. The average molecular weight is 257 g/mol. The Morgan fingerprint density at radius 3 is 2.47 bits per heavy atom. The molecule has 0 aliphatic heterocycles. The zero-order valence-electron chi connectivity index (χ0n) is 12.5. The third-order valence-corrected chi connectivity index (χ3v) is 3.26. The summed E-state index contributed by atoms with van der Waals surface area (Å²) in [6.07, 6.45) is 1.96. The SMILES string of the molecule is Cc1ccccc1-n1ncc(CNC(C)(C)C)c1C. The molecule has 0 aliphatic rings. The van der Waals surface area contributed by atoms with Crippen molar-refractivity contribution in [1.29, 1.82) is 0 Å². The monoisotopic (exact) mass is 257 g/mol. The van der Waals surface area contributed by atoms with Crippen molar-refractivity contribution in [2.24, 2.45) is 0 Å². The fourth-order valence-electron chi connectivity index (χ4n) is 2.02. The molecule has 2 rings (SSSR count). The van der Waals surface area contributed by atoms with Gasteiger partial charge in [-0.25, -0.2) is 4.68 Å². The molecule has 0 saturated heterocycles. The quantitative estimate of drug-likeness (QED) is 0.913. The summed E-state index contributed by atoms with van der Waals surface area (Å²) in [5, 5.41) is 8.03. The van der Waals surface area contributed by atoms with Crippen LogP contribution in [0.4, 0.5) is 0 Å². The maximum atomic E-state index is 4.52. The van der Waals surface area contributed by atoms with Crippen LogP contribution in [0.25, 0.3) is 5.69 Å². The summed E-state index contributed by atoms with van der Waals surface area (Å²) in [5.41, 5.74) is 4.97. The maximum Gasteiger partial charge on any atom is 0.0677 e. The number of aromatic nitrogens is 2. The van der Waals surface area contributed by atoms with Gasteiger partial charge in [0.2, 0.25) is 0 Å². The van der Waals surface area contributed by atoms with Crippen LogP contribution in [0, 0.1) is 13.8 Å². The Morgan fingerprint density at radius 1 is 1.16 bits per heavy atom. The van der Waals surface area contributed by atoms with Crippen molar-refractivity contribution < 1.29 is 0 Å². The van der Waals surface area contributed by atoms with E-state index < -0.39 is 0 Å². The summed E-state index contributed by atoms with van der Waals surface area (Å²) in [6, 6.07) is 8.33. The Bertz CT molecular complexity index is 562. The number of aryl methyl sites for hydroxylation is 1. The molecule has 1 N–H and O–H groups in total. The first-order valence-corrected chi connectivity index (χ1v) is 6.73. The van der Waals surface area contributed by atoms with Gasteiger partial charge in [-0.15, -0.1) is 0 Å². The molecule has 0 amide bonds. The van der Waals surface area contributed by atoms with Crippen LogP contribution in [-0.4, -0.2) is 15.3 Å². The molecule has 3 nitrogen and oxygen atoms in total. The third kappa shape index (κ3) is 3.24. The fraction of sp³-hybridized carbons (Fsp3) is 0.438. The van der Waals surface area contributed by atoms with Crippen molar-refractivity contribution in [2.45, 2.75) is 46.7 Å². The number of hydrogen-bond donors (Lipinski definition) is 1. The topological polar surface area (TPSA) is 29.9 Å². The molecule has 0 radical (unpaired) electrons. The maximum absolute atomic E-state index is 4.52. The van der Waals surface area contributed by atoms with Crippen LogP contribution in [0.2, 0.25) is 0 Å². The van der Waals surface area contributed by atoms with E-state index in [4.69, 9.17) is 0 Å². The molecule has 0 atom stereocenters. The molecule has 0 unspecified atom stereocenters. The summed E-state index contributed by atoms with van der Waals surface area (Å²) in [4.78, 5) is 0. The van der Waals surface area contributed by atoms with Crippen LogP contribution >= 0.6 is 0 Å². The van der Waals surface area contributed by atoms with Crippen molar-refractivity contribution in [1.82, 2.24) is 15.1 Å². The first-order valence-electron chi connectivity index (χ1n) is 6.73. The second kappa shape index (κ2) is 5.17. The minimum absolute atomic E-state index is 0.122. The van der Waals surface area contributed by atoms with E-state index in [9.17, 15) is 0 Å². The first kappa shape index (κ1) is 13.8. The molecule has 0 spiro atoms. The average Bonchev–Trinajstić information content (AvgIpc) is 2.68.